The second-order valence-electron chi connectivity index (χ2n) is 6.30. The molecule has 0 bridgehead atoms. The molecule has 28 heavy (non-hydrogen) atoms. The maximum atomic E-state index is 12.5. The summed E-state index contributed by atoms with van der Waals surface area (Å²) >= 11 is 0. The molecule has 1 aliphatic rings. The van der Waals surface area contributed by atoms with E-state index in [2.05, 4.69) is 0 Å². The summed E-state index contributed by atoms with van der Waals surface area (Å²) in [4.78, 5) is 12.1. The summed E-state index contributed by atoms with van der Waals surface area (Å²) in [6, 6.07) is 12.4. The van der Waals surface area contributed by atoms with Crippen LogP contribution in [0.15, 0.2) is 52.9 Å². The van der Waals surface area contributed by atoms with Crippen molar-refractivity contribution in [1.82, 2.24) is 0 Å². The summed E-state index contributed by atoms with van der Waals surface area (Å²) in [5.41, 5.74) is 1.68. The largest absolute Gasteiger partial charge is 0.494 e. The normalized spacial score (nSPS) is 15.0. The average Bonchev–Trinajstić information content (AvgIpc) is 2.82. The fraction of sp³-hybridized carbons (Fsp3) is 0.286. The number of benzene rings is 2. The molecule has 0 unspecified atom stereocenters. The molecule has 1 aliphatic heterocycles. The highest BCUT2D eigenvalue weighted by Gasteiger charge is 2.25. The van der Waals surface area contributed by atoms with Crippen LogP contribution in [0.3, 0.4) is 0 Å². The monoisotopic (exact) mass is 402 g/mol. The lowest BCUT2D eigenvalue weighted by atomic mass is 10.1. The highest BCUT2D eigenvalue weighted by molar-refractivity contribution is 7.91. The van der Waals surface area contributed by atoms with Gasteiger partial charge in [0.1, 0.15) is 18.1 Å². The van der Waals surface area contributed by atoms with E-state index in [0.29, 0.717) is 30.1 Å². The summed E-state index contributed by atoms with van der Waals surface area (Å²) in [6.45, 7) is 2.81. The minimum atomic E-state index is -3.48. The lowest BCUT2D eigenvalue weighted by molar-refractivity contribution is -0.136. The summed E-state index contributed by atoms with van der Waals surface area (Å²) in [7, 11) is -2.20. The first-order chi connectivity index (χ1) is 13.4. The highest BCUT2D eigenvalue weighted by atomic mass is 32.2. The van der Waals surface area contributed by atoms with Crippen LogP contribution in [0.1, 0.15) is 24.5 Å². The molecule has 7 heteroatoms. The molecule has 2 aromatic rings. The zero-order chi connectivity index (χ0) is 20.1. The Morgan fingerprint density at radius 1 is 1.07 bits per heavy atom. The van der Waals surface area contributed by atoms with Crippen LogP contribution < -0.4 is 9.47 Å². The average molecular weight is 402 g/mol. The summed E-state index contributed by atoms with van der Waals surface area (Å²) in [6.07, 6.45) is 1.68. The van der Waals surface area contributed by atoms with Crippen molar-refractivity contribution in [2.24, 2.45) is 0 Å². The number of carbonyl (C=O) groups is 1. The van der Waals surface area contributed by atoms with E-state index in [1.54, 1.807) is 18.2 Å². The predicted molar refractivity (Wildman–Crippen MR) is 105 cm³/mol. The van der Waals surface area contributed by atoms with Crippen LogP contribution in [0.2, 0.25) is 0 Å². The van der Waals surface area contributed by atoms with Gasteiger partial charge in [-0.15, -0.1) is 0 Å². The van der Waals surface area contributed by atoms with E-state index in [0.717, 1.165) is 11.3 Å². The van der Waals surface area contributed by atoms with Gasteiger partial charge in [-0.3, -0.25) is 0 Å². The van der Waals surface area contributed by atoms with Crippen molar-refractivity contribution in [3.05, 3.63) is 59.2 Å². The number of carbonyl (C=O) groups excluding carboxylic acids is 1. The number of ether oxygens (including phenoxy) is 3. The van der Waals surface area contributed by atoms with Crippen molar-refractivity contribution >= 4 is 21.9 Å². The smallest absolute Gasteiger partial charge is 0.333 e. The maximum Gasteiger partial charge on any atom is 0.333 e. The topological polar surface area (TPSA) is 78.9 Å². The van der Waals surface area contributed by atoms with E-state index in [4.69, 9.17) is 14.2 Å². The van der Waals surface area contributed by atoms with E-state index < -0.39 is 15.8 Å². The van der Waals surface area contributed by atoms with E-state index in [-0.39, 0.29) is 17.1 Å². The molecule has 0 spiro atoms. The molecule has 0 atom stereocenters. The number of methoxy groups -OCH3 is 1. The lowest BCUT2D eigenvalue weighted by Gasteiger charge is -2.11. The Hall–Kier alpha value is -2.80. The quantitative estimate of drug-likeness (QED) is 0.689. The lowest BCUT2D eigenvalue weighted by Crippen LogP contribution is -2.10. The standard InChI is InChI=1S/C21H22O6S/c1-3-26-18-6-4-5-15(11-18)14-27-19-7-8-20-17(13-19)12-16(21(22)25-2)9-10-28(20,23)24/h4-8,11-13H,3,9-10,14H2,1-2H3. The van der Waals surface area contributed by atoms with Crippen molar-refractivity contribution in [2.45, 2.75) is 24.8 Å². The third-order valence-electron chi connectivity index (χ3n) is 4.35. The van der Waals surface area contributed by atoms with Gasteiger partial charge in [0.15, 0.2) is 9.84 Å². The van der Waals surface area contributed by atoms with Crippen molar-refractivity contribution in [3.63, 3.8) is 0 Å². The molecule has 2 aromatic carbocycles. The zero-order valence-corrected chi connectivity index (χ0v) is 16.6. The Bertz CT molecular complexity index is 1010. The zero-order valence-electron chi connectivity index (χ0n) is 15.8. The molecule has 0 aromatic heterocycles. The second-order valence-corrected chi connectivity index (χ2v) is 8.38. The van der Waals surface area contributed by atoms with Gasteiger partial charge < -0.3 is 14.2 Å². The number of sulfone groups is 1. The first kappa shape index (κ1) is 19.9. The van der Waals surface area contributed by atoms with Crippen molar-refractivity contribution in [1.29, 1.82) is 0 Å². The van der Waals surface area contributed by atoms with Crippen molar-refractivity contribution in [3.8, 4) is 11.5 Å². The van der Waals surface area contributed by atoms with Gasteiger partial charge in [0.25, 0.3) is 0 Å². The van der Waals surface area contributed by atoms with Crippen LogP contribution in [-0.2, 0) is 26.0 Å². The van der Waals surface area contributed by atoms with Gasteiger partial charge in [-0.1, -0.05) is 12.1 Å². The summed E-state index contributed by atoms with van der Waals surface area (Å²) in [5.74, 6) is 0.619. The summed E-state index contributed by atoms with van der Waals surface area (Å²) < 4.78 is 41.1. The third kappa shape index (κ3) is 4.54. The molecular weight excluding hydrogens is 380 g/mol. The minimum absolute atomic E-state index is 0.115. The first-order valence-corrected chi connectivity index (χ1v) is 10.6. The molecule has 0 saturated heterocycles. The molecule has 6 nitrogen and oxygen atoms in total. The molecule has 3 rings (SSSR count). The van der Waals surface area contributed by atoms with Gasteiger partial charge in [0.2, 0.25) is 0 Å². The second kappa shape index (κ2) is 8.48. The molecule has 0 aliphatic carbocycles. The van der Waals surface area contributed by atoms with Crippen LogP contribution in [0.4, 0.5) is 0 Å². The van der Waals surface area contributed by atoms with E-state index in [1.807, 2.05) is 31.2 Å². The first-order valence-electron chi connectivity index (χ1n) is 8.93. The molecular formula is C21H22O6S. The summed E-state index contributed by atoms with van der Waals surface area (Å²) in [5, 5.41) is 0. The SMILES string of the molecule is CCOc1cccc(COc2ccc3c(c2)C=C(C(=O)OC)CCS3(=O)=O)c1. The van der Waals surface area contributed by atoms with Crippen LogP contribution in [0.25, 0.3) is 6.08 Å². The molecule has 0 saturated carbocycles. The maximum absolute atomic E-state index is 12.5. The van der Waals surface area contributed by atoms with Crippen LogP contribution in [-0.4, -0.2) is 33.9 Å². The van der Waals surface area contributed by atoms with Crippen LogP contribution in [0.5, 0.6) is 11.5 Å². The Labute approximate surface area is 164 Å². The van der Waals surface area contributed by atoms with Gasteiger partial charge in [-0.2, -0.15) is 0 Å². The number of fused-ring (bicyclic) bond motifs is 1. The predicted octanol–water partition coefficient (Wildman–Crippen LogP) is 3.40. The molecule has 0 amide bonds. The Kier molecular flexibility index (Phi) is 6.04. The number of rotatable bonds is 6. The molecule has 1 heterocycles. The van der Waals surface area contributed by atoms with Gasteiger partial charge in [0, 0.05) is 5.57 Å². The number of hydrogen-bond acceptors (Lipinski definition) is 6. The van der Waals surface area contributed by atoms with E-state index in [1.165, 1.54) is 13.2 Å². The van der Waals surface area contributed by atoms with Gasteiger partial charge in [-0.25, -0.2) is 13.2 Å². The Morgan fingerprint density at radius 3 is 2.61 bits per heavy atom. The third-order valence-corrected chi connectivity index (χ3v) is 6.13. The molecule has 148 valence electrons. The van der Waals surface area contributed by atoms with E-state index in [9.17, 15) is 13.2 Å². The molecule has 0 fully saturated rings. The van der Waals surface area contributed by atoms with Crippen molar-refractivity contribution in [2.75, 3.05) is 19.5 Å². The number of hydrogen-bond donors (Lipinski definition) is 0. The van der Waals surface area contributed by atoms with Gasteiger partial charge in [0.05, 0.1) is 24.4 Å². The minimum Gasteiger partial charge on any atom is -0.494 e. The highest BCUT2D eigenvalue weighted by Crippen LogP contribution is 2.30. The van der Waals surface area contributed by atoms with Crippen molar-refractivity contribution < 1.29 is 27.4 Å². The Morgan fingerprint density at radius 2 is 1.86 bits per heavy atom. The fourth-order valence-electron chi connectivity index (χ4n) is 2.98. The molecule has 0 N–H and O–H groups in total. The van der Waals surface area contributed by atoms with E-state index >= 15 is 0 Å². The van der Waals surface area contributed by atoms with Crippen LogP contribution in [0, 0.1) is 0 Å². The van der Waals surface area contributed by atoms with Crippen LogP contribution >= 0.6 is 0 Å². The van der Waals surface area contributed by atoms with Gasteiger partial charge >= 0.3 is 5.97 Å². The number of esters is 1. The molecule has 0 radical (unpaired) electrons. The Balaban J connectivity index is 1.86. The van der Waals surface area contributed by atoms with Gasteiger partial charge in [-0.05, 0) is 60.9 Å². The fourth-order valence-corrected chi connectivity index (χ4v) is 4.44.